The molecule has 7 nitrogen and oxygen atoms in total. The van der Waals surface area contributed by atoms with E-state index in [-0.39, 0.29) is 36.3 Å². The van der Waals surface area contributed by atoms with Crippen LogP contribution >= 0.6 is 12.4 Å². The van der Waals surface area contributed by atoms with Gasteiger partial charge in [-0.2, -0.15) is 4.98 Å². The lowest BCUT2D eigenvalue weighted by Crippen LogP contribution is -2.45. The lowest BCUT2D eigenvalue weighted by molar-refractivity contribution is -0.127. The van der Waals surface area contributed by atoms with E-state index in [0.717, 1.165) is 30.6 Å². The highest BCUT2D eigenvalue weighted by atomic mass is 35.5. The lowest BCUT2D eigenvalue weighted by atomic mass is 9.84. The molecule has 1 aromatic heterocycles. The summed E-state index contributed by atoms with van der Waals surface area (Å²) in [7, 11) is 1.61. The van der Waals surface area contributed by atoms with Gasteiger partial charge in [-0.1, -0.05) is 17.3 Å². The first kappa shape index (κ1) is 19.6. The van der Waals surface area contributed by atoms with Gasteiger partial charge in [-0.25, -0.2) is 0 Å². The summed E-state index contributed by atoms with van der Waals surface area (Å²) in [5, 5.41) is 7.02. The Morgan fingerprint density at radius 2 is 2.15 bits per heavy atom. The molecule has 4 rings (SSSR count). The maximum atomic E-state index is 12.7. The van der Waals surface area contributed by atoms with Crippen molar-refractivity contribution in [2.24, 2.45) is 23.5 Å². The third kappa shape index (κ3) is 3.66. The smallest absolute Gasteiger partial charge is 0.249 e. The average Bonchev–Trinajstić information content (AvgIpc) is 3.37. The number of hydrogen-bond acceptors (Lipinski definition) is 6. The second-order valence-corrected chi connectivity index (χ2v) is 7.35. The average molecular weight is 393 g/mol. The van der Waals surface area contributed by atoms with Gasteiger partial charge in [0.2, 0.25) is 17.6 Å². The predicted molar refractivity (Wildman–Crippen MR) is 102 cm³/mol. The van der Waals surface area contributed by atoms with E-state index in [1.807, 2.05) is 31.2 Å². The van der Waals surface area contributed by atoms with Crippen LogP contribution in [0.1, 0.15) is 38.1 Å². The molecule has 2 aliphatic carbocycles. The second-order valence-electron chi connectivity index (χ2n) is 7.35. The van der Waals surface area contributed by atoms with Crippen LogP contribution in [0.4, 0.5) is 0 Å². The van der Waals surface area contributed by atoms with Gasteiger partial charge in [0.1, 0.15) is 11.8 Å². The van der Waals surface area contributed by atoms with Crippen molar-refractivity contribution in [3.05, 3.63) is 30.2 Å². The third-order valence-electron chi connectivity index (χ3n) is 5.78. The van der Waals surface area contributed by atoms with Crippen LogP contribution < -0.4 is 15.8 Å². The summed E-state index contributed by atoms with van der Waals surface area (Å²) in [4.78, 5) is 17.1. The first-order valence-corrected chi connectivity index (χ1v) is 9.11. The molecule has 5 atom stereocenters. The monoisotopic (exact) mass is 392 g/mol. The van der Waals surface area contributed by atoms with Crippen molar-refractivity contribution in [2.45, 2.75) is 38.3 Å². The molecule has 0 spiro atoms. The molecule has 2 saturated carbocycles. The Morgan fingerprint density at radius 3 is 2.85 bits per heavy atom. The van der Waals surface area contributed by atoms with E-state index < -0.39 is 0 Å². The van der Waals surface area contributed by atoms with E-state index in [2.05, 4.69) is 15.5 Å². The normalized spacial score (nSPS) is 27.1. The van der Waals surface area contributed by atoms with Gasteiger partial charge >= 0.3 is 0 Å². The quantitative estimate of drug-likeness (QED) is 0.810. The molecule has 3 N–H and O–H groups in total. The number of carbonyl (C=O) groups excluding carboxylic acids is 1. The number of aromatic nitrogens is 2. The standard InChI is InChI=1S/C19H24N4O3.ClH/c1-10(21-18(24)15-11-6-7-12(8-11)16(15)20)19-22-17(23-26-19)13-4-3-5-14(9-13)25-2;/h3-5,9-12,15-16H,6-8,20H2,1-2H3,(H,21,24);1H. The van der Waals surface area contributed by atoms with Crippen LogP contribution in [0.2, 0.25) is 0 Å². The molecule has 1 heterocycles. The van der Waals surface area contributed by atoms with E-state index >= 15 is 0 Å². The molecule has 8 heteroatoms. The molecule has 0 radical (unpaired) electrons. The number of amides is 1. The van der Waals surface area contributed by atoms with Crippen LogP contribution in [0.5, 0.6) is 5.75 Å². The molecule has 27 heavy (non-hydrogen) atoms. The van der Waals surface area contributed by atoms with Crippen LogP contribution in [-0.4, -0.2) is 29.2 Å². The Kier molecular flexibility index (Phi) is 5.72. The minimum atomic E-state index is -0.360. The van der Waals surface area contributed by atoms with Crippen LogP contribution in [-0.2, 0) is 4.79 Å². The third-order valence-corrected chi connectivity index (χ3v) is 5.78. The summed E-state index contributed by atoms with van der Waals surface area (Å²) in [6, 6.07) is 7.05. The van der Waals surface area contributed by atoms with Crippen molar-refractivity contribution >= 4 is 18.3 Å². The maximum absolute atomic E-state index is 12.7. The summed E-state index contributed by atoms with van der Waals surface area (Å²) in [5.74, 6) is 2.38. The number of nitrogens with two attached hydrogens (primary N) is 1. The van der Waals surface area contributed by atoms with E-state index in [0.29, 0.717) is 23.6 Å². The van der Waals surface area contributed by atoms with Crippen LogP contribution in [0, 0.1) is 17.8 Å². The molecule has 2 aromatic rings. The Hall–Kier alpha value is -2.12. The number of benzene rings is 1. The molecule has 1 aromatic carbocycles. The molecule has 5 unspecified atom stereocenters. The van der Waals surface area contributed by atoms with Gasteiger partial charge in [0.25, 0.3) is 0 Å². The van der Waals surface area contributed by atoms with Crippen molar-refractivity contribution in [2.75, 3.05) is 7.11 Å². The minimum Gasteiger partial charge on any atom is -0.497 e. The summed E-state index contributed by atoms with van der Waals surface area (Å²) < 4.78 is 10.6. The Bertz CT molecular complexity index is 810. The fourth-order valence-electron chi connectivity index (χ4n) is 4.39. The number of carbonyl (C=O) groups is 1. The highest BCUT2D eigenvalue weighted by molar-refractivity contribution is 5.85. The SMILES string of the molecule is COc1cccc(-c2noc(C(C)NC(=O)C3C4CCC(C4)C3N)n2)c1.Cl. The number of methoxy groups -OCH3 is 1. The minimum absolute atomic E-state index is 0. The van der Waals surface area contributed by atoms with Crippen LogP contribution in [0.15, 0.2) is 28.8 Å². The lowest BCUT2D eigenvalue weighted by Gasteiger charge is -2.27. The van der Waals surface area contributed by atoms with Gasteiger partial charge in [-0.15, -0.1) is 12.4 Å². The first-order chi connectivity index (χ1) is 12.6. The molecule has 2 aliphatic rings. The summed E-state index contributed by atoms with van der Waals surface area (Å²) in [6.45, 7) is 1.85. The topological polar surface area (TPSA) is 103 Å². The summed E-state index contributed by atoms with van der Waals surface area (Å²) in [6.07, 6.45) is 3.33. The van der Waals surface area contributed by atoms with Crippen LogP contribution in [0.25, 0.3) is 11.4 Å². The number of hydrogen-bond donors (Lipinski definition) is 2. The highest BCUT2D eigenvalue weighted by Gasteiger charge is 2.49. The van der Waals surface area contributed by atoms with Crippen molar-refractivity contribution in [1.82, 2.24) is 15.5 Å². The Labute approximate surface area is 164 Å². The fourth-order valence-corrected chi connectivity index (χ4v) is 4.39. The predicted octanol–water partition coefficient (Wildman–Crippen LogP) is 2.72. The molecular formula is C19H25ClN4O3. The Balaban J connectivity index is 0.00000210. The number of fused-ring (bicyclic) bond motifs is 2. The number of ether oxygens (including phenoxy) is 1. The molecule has 2 bridgehead atoms. The highest BCUT2D eigenvalue weighted by Crippen LogP contribution is 2.47. The van der Waals surface area contributed by atoms with E-state index in [1.54, 1.807) is 7.11 Å². The van der Waals surface area contributed by atoms with Crippen molar-refractivity contribution in [1.29, 1.82) is 0 Å². The fraction of sp³-hybridized carbons (Fsp3) is 0.526. The van der Waals surface area contributed by atoms with Gasteiger partial charge in [0.15, 0.2) is 0 Å². The maximum Gasteiger partial charge on any atom is 0.249 e. The van der Waals surface area contributed by atoms with E-state index in [4.69, 9.17) is 15.0 Å². The first-order valence-electron chi connectivity index (χ1n) is 9.11. The van der Waals surface area contributed by atoms with Crippen molar-refractivity contribution in [3.63, 3.8) is 0 Å². The van der Waals surface area contributed by atoms with Crippen molar-refractivity contribution in [3.8, 4) is 17.1 Å². The summed E-state index contributed by atoms with van der Waals surface area (Å²) >= 11 is 0. The Morgan fingerprint density at radius 1 is 1.37 bits per heavy atom. The van der Waals surface area contributed by atoms with Gasteiger partial charge in [0.05, 0.1) is 13.0 Å². The zero-order valence-electron chi connectivity index (χ0n) is 15.4. The molecule has 0 aliphatic heterocycles. The van der Waals surface area contributed by atoms with E-state index in [9.17, 15) is 4.79 Å². The number of nitrogens with zero attached hydrogens (tertiary/aromatic N) is 2. The molecule has 0 saturated heterocycles. The zero-order valence-corrected chi connectivity index (χ0v) is 16.2. The largest absolute Gasteiger partial charge is 0.497 e. The number of rotatable bonds is 5. The second kappa shape index (κ2) is 7.86. The molecule has 2 fully saturated rings. The van der Waals surface area contributed by atoms with Gasteiger partial charge < -0.3 is 20.3 Å². The molecule has 1 amide bonds. The zero-order chi connectivity index (χ0) is 18.3. The van der Waals surface area contributed by atoms with Gasteiger partial charge in [0, 0.05) is 11.6 Å². The number of halogens is 1. The molecular weight excluding hydrogens is 368 g/mol. The van der Waals surface area contributed by atoms with Crippen LogP contribution in [0.3, 0.4) is 0 Å². The summed E-state index contributed by atoms with van der Waals surface area (Å²) in [5.41, 5.74) is 7.06. The van der Waals surface area contributed by atoms with E-state index in [1.165, 1.54) is 0 Å². The van der Waals surface area contributed by atoms with Crippen molar-refractivity contribution < 1.29 is 14.1 Å². The number of nitrogens with one attached hydrogen (secondary N) is 1. The van der Waals surface area contributed by atoms with Gasteiger partial charge in [-0.05, 0) is 50.2 Å². The van der Waals surface area contributed by atoms with Gasteiger partial charge in [-0.3, -0.25) is 4.79 Å². The molecule has 146 valence electrons.